The number of thiazole rings is 1. The van der Waals surface area contributed by atoms with Gasteiger partial charge in [-0.05, 0) is 50.2 Å². The van der Waals surface area contributed by atoms with Gasteiger partial charge < -0.3 is 20.3 Å². The predicted octanol–water partition coefficient (Wildman–Crippen LogP) is 3.72. The van der Waals surface area contributed by atoms with E-state index in [1.807, 2.05) is 26.0 Å². The van der Waals surface area contributed by atoms with Crippen molar-refractivity contribution < 1.29 is 19.1 Å². The van der Waals surface area contributed by atoms with Crippen molar-refractivity contribution in [1.29, 1.82) is 5.26 Å². The van der Waals surface area contributed by atoms with E-state index in [0.29, 0.717) is 35.8 Å². The van der Waals surface area contributed by atoms with Crippen LogP contribution in [-0.2, 0) is 19.1 Å². The standard InChI is InChI=1S/C24H25N5O4S2/c1-3-29(4-2)23(32)15-34-24-28-19-9-8-18(11-20(19)35-24)27-22(31)14-33-13-21(30)26-17-7-5-6-16(10-17)12-25/h5-11H,3-4,13-15H2,1-2H3,(H,26,30)(H,27,31). The van der Waals surface area contributed by atoms with Crippen LogP contribution in [0.25, 0.3) is 10.2 Å². The highest BCUT2D eigenvalue weighted by molar-refractivity contribution is 8.01. The monoisotopic (exact) mass is 511 g/mol. The van der Waals surface area contributed by atoms with Crippen LogP contribution in [0.5, 0.6) is 0 Å². The molecule has 2 N–H and O–H groups in total. The molecule has 3 aromatic rings. The summed E-state index contributed by atoms with van der Waals surface area (Å²) in [7, 11) is 0. The van der Waals surface area contributed by atoms with Gasteiger partial charge in [0.1, 0.15) is 13.2 Å². The summed E-state index contributed by atoms with van der Waals surface area (Å²) in [5, 5.41) is 14.3. The Kier molecular flexibility index (Phi) is 9.60. The molecule has 2 aromatic carbocycles. The fourth-order valence-corrected chi connectivity index (χ4v) is 5.14. The van der Waals surface area contributed by atoms with Crippen LogP contribution in [0.1, 0.15) is 19.4 Å². The zero-order chi connectivity index (χ0) is 25.2. The highest BCUT2D eigenvalue weighted by Gasteiger charge is 2.13. The van der Waals surface area contributed by atoms with E-state index in [0.717, 1.165) is 14.6 Å². The Labute approximate surface area is 211 Å². The van der Waals surface area contributed by atoms with Gasteiger partial charge in [-0.3, -0.25) is 14.4 Å². The number of hydrogen-bond acceptors (Lipinski definition) is 8. The lowest BCUT2D eigenvalue weighted by atomic mass is 10.2. The number of ether oxygens (including phenoxy) is 1. The molecule has 1 heterocycles. The van der Waals surface area contributed by atoms with Gasteiger partial charge in [-0.2, -0.15) is 5.26 Å². The molecule has 3 rings (SSSR count). The minimum atomic E-state index is -0.427. The fourth-order valence-electron chi connectivity index (χ4n) is 3.13. The smallest absolute Gasteiger partial charge is 0.250 e. The quantitative estimate of drug-likeness (QED) is 0.376. The second kappa shape index (κ2) is 12.9. The number of carbonyl (C=O) groups excluding carboxylic acids is 3. The SMILES string of the molecule is CCN(CC)C(=O)CSc1nc2ccc(NC(=O)COCC(=O)Nc3cccc(C#N)c3)cc2s1. The van der Waals surface area contributed by atoms with Gasteiger partial charge in [0.2, 0.25) is 17.7 Å². The zero-order valence-corrected chi connectivity index (χ0v) is 21.0. The Morgan fingerprint density at radius 1 is 1.06 bits per heavy atom. The van der Waals surface area contributed by atoms with Crippen LogP contribution in [0.2, 0.25) is 0 Å². The summed E-state index contributed by atoms with van der Waals surface area (Å²) in [6.07, 6.45) is 0. The number of nitrogens with zero attached hydrogens (tertiary/aromatic N) is 3. The van der Waals surface area contributed by atoms with Crippen molar-refractivity contribution in [3.63, 3.8) is 0 Å². The van der Waals surface area contributed by atoms with E-state index in [1.165, 1.54) is 23.1 Å². The Bertz CT molecular complexity index is 1250. The van der Waals surface area contributed by atoms with Gasteiger partial charge in [0.05, 0.1) is 27.6 Å². The lowest BCUT2D eigenvalue weighted by Crippen LogP contribution is -2.31. The second-order valence-electron chi connectivity index (χ2n) is 7.30. The number of fused-ring (bicyclic) bond motifs is 1. The maximum absolute atomic E-state index is 12.2. The Morgan fingerprint density at radius 2 is 1.74 bits per heavy atom. The number of hydrogen-bond donors (Lipinski definition) is 2. The second-order valence-corrected chi connectivity index (χ2v) is 9.55. The molecule has 1 aromatic heterocycles. The first-order valence-corrected chi connectivity index (χ1v) is 12.7. The maximum Gasteiger partial charge on any atom is 0.250 e. The Balaban J connectivity index is 1.46. The molecule has 0 aliphatic carbocycles. The summed E-state index contributed by atoms with van der Waals surface area (Å²) in [5.41, 5.74) is 2.29. The molecule has 35 heavy (non-hydrogen) atoms. The number of anilines is 2. The molecule has 3 amide bonds. The first-order valence-electron chi connectivity index (χ1n) is 10.9. The molecule has 9 nitrogen and oxygen atoms in total. The number of nitriles is 1. The summed E-state index contributed by atoms with van der Waals surface area (Å²) in [6, 6.07) is 13.9. The van der Waals surface area contributed by atoms with Gasteiger partial charge in [-0.15, -0.1) is 11.3 Å². The maximum atomic E-state index is 12.2. The Morgan fingerprint density at radius 3 is 2.40 bits per heavy atom. The molecular weight excluding hydrogens is 486 g/mol. The van der Waals surface area contributed by atoms with Gasteiger partial charge in [-0.25, -0.2) is 4.98 Å². The van der Waals surface area contributed by atoms with Crippen LogP contribution in [0.4, 0.5) is 11.4 Å². The number of nitrogens with one attached hydrogen (secondary N) is 2. The van der Waals surface area contributed by atoms with Crippen LogP contribution in [0.15, 0.2) is 46.8 Å². The predicted molar refractivity (Wildman–Crippen MR) is 138 cm³/mol. The molecule has 0 aliphatic heterocycles. The van der Waals surface area contributed by atoms with Crippen LogP contribution in [-0.4, -0.2) is 59.7 Å². The third kappa shape index (κ3) is 7.78. The van der Waals surface area contributed by atoms with Crippen molar-refractivity contribution >= 4 is 62.4 Å². The van der Waals surface area contributed by atoms with Crippen LogP contribution >= 0.6 is 23.1 Å². The average molecular weight is 512 g/mol. The lowest BCUT2D eigenvalue weighted by molar-refractivity contribution is -0.128. The minimum absolute atomic E-state index is 0.0802. The molecule has 182 valence electrons. The zero-order valence-electron chi connectivity index (χ0n) is 19.4. The number of amides is 3. The molecule has 11 heteroatoms. The van der Waals surface area contributed by atoms with Gasteiger partial charge >= 0.3 is 0 Å². The number of rotatable bonds is 11. The fraction of sp³-hybridized carbons (Fsp3) is 0.292. The number of benzene rings is 2. The van der Waals surface area contributed by atoms with Crippen LogP contribution < -0.4 is 10.6 Å². The minimum Gasteiger partial charge on any atom is -0.362 e. The first kappa shape index (κ1) is 26.2. The summed E-state index contributed by atoms with van der Waals surface area (Å²) >= 11 is 2.86. The highest BCUT2D eigenvalue weighted by atomic mass is 32.2. The van der Waals surface area contributed by atoms with E-state index in [-0.39, 0.29) is 19.1 Å². The van der Waals surface area contributed by atoms with Crippen molar-refractivity contribution in [1.82, 2.24) is 9.88 Å². The summed E-state index contributed by atoms with van der Waals surface area (Å²) in [5.74, 6) is -0.410. The molecule has 0 bridgehead atoms. The number of thioether (sulfide) groups is 1. The molecule has 0 saturated heterocycles. The molecule has 0 aliphatic rings. The molecule has 0 fully saturated rings. The number of aromatic nitrogens is 1. The van der Waals surface area contributed by atoms with Gasteiger partial charge in [-0.1, -0.05) is 17.8 Å². The van der Waals surface area contributed by atoms with E-state index in [1.54, 1.807) is 41.3 Å². The highest BCUT2D eigenvalue weighted by Crippen LogP contribution is 2.31. The van der Waals surface area contributed by atoms with E-state index < -0.39 is 11.8 Å². The molecule has 0 radical (unpaired) electrons. The van der Waals surface area contributed by atoms with E-state index >= 15 is 0 Å². The third-order valence-electron chi connectivity index (χ3n) is 4.83. The third-order valence-corrected chi connectivity index (χ3v) is 6.98. The van der Waals surface area contributed by atoms with Crippen LogP contribution in [0, 0.1) is 11.3 Å². The lowest BCUT2D eigenvalue weighted by Gasteiger charge is -2.17. The molecule has 0 saturated carbocycles. The van der Waals surface area contributed by atoms with Gasteiger partial charge in [0.25, 0.3) is 0 Å². The van der Waals surface area contributed by atoms with E-state index in [4.69, 9.17) is 10.00 Å². The van der Waals surface area contributed by atoms with Crippen LogP contribution in [0.3, 0.4) is 0 Å². The van der Waals surface area contributed by atoms with Crippen molar-refractivity contribution in [2.45, 2.75) is 18.2 Å². The Hall–Kier alpha value is -3.46. The summed E-state index contributed by atoms with van der Waals surface area (Å²) < 4.78 is 6.88. The molecule has 0 atom stereocenters. The number of carbonyl (C=O) groups is 3. The first-order chi connectivity index (χ1) is 16.9. The molecule has 0 spiro atoms. The van der Waals surface area contributed by atoms with Crippen molar-refractivity contribution in [3.05, 3.63) is 48.0 Å². The summed E-state index contributed by atoms with van der Waals surface area (Å²) in [6.45, 7) is 4.69. The van der Waals surface area contributed by atoms with Crippen molar-refractivity contribution in [2.24, 2.45) is 0 Å². The molecule has 0 unspecified atom stereocenters. The van der Waals surface area contributed by atoms with Crippen molar-refractivity contribution in [3.8, 4) is 6.07 Å². The van der Waals surface area contributed by atoms with E-state index in [2.05, 4.69) is 15.6 Å². The van der Waals surface area contributed by atoms with Gasteiger partial charge in [0, 0.05) is 24.5 Å². The normalized spacial score (nSPS) is 10.5. The van der Waals surface area contributed by atoms with E-state index in [9.17, 15) is 14.4 Å². The largest absolute Gasteiger partial charge is 0.362 e. The molecular formula is C24H25N5O4S2. The van der Waals surface area contributed by atoms with Crippen molar-refractivity contribution in [2.75, 3.05) is 42.7 Å². The summed E-state index contributed by atoms with van der Waals surface area (Å²) in [4.78, 5) is 42.7. The topological polar surface area (TPSA) is 124 Å². The average Bonchev–Trinajstić information content (AvgIpc) is 3.26. The van der Waals surface area contributed by atoms with Gasteiger partial charge in [0.15, 0.2) is 4.34 Å².